The Morgan fingerprint density at radius 2 is 1.90 bits per heavy atom. The van der Waals surface area contributed by atoms with Gasteiger partial charge in [-0.3, -0.25) is 4.79 Å². The molecule has 1 aliphatic heterocycles. The van der Waals surface area contributed by atoms with E-state index < -0.39 is 5.97 Å². The Morgan fingerprint density at radius 3 is 2.52 bits per heavy atom. The summed E-state index contributed by atoms with van der Waals surface area (Å²) in [5.74, 6) is 0.00877. The maximum atomic E-state index is 12.3. The number of rotatable bonds is 5. The Bertz CT molecular complexity index is 365. The van der Waals surface area contributed by atoms with Crippen molar-refractivity contribution in [3.05, 3.63) is 0 Å². The highest BCUT2D eigenvalue weighted by Crippen LogP contribution is 2.28. The van der Waals surface area contributed by atoms with Crippen molar-refractivity contribution in [3.63, 3.8) is 0 Å². The number of carbonyl (C=O) groups is 2. The van der Waals surface area contributed by atoms with Gasteiger partial charge in [-0.2, -0.15) is 0 Å². The van der Waals surface area contributed by atoms with Crippen molar-refractivity contribution >= 4 is 12.0 Å². The average molecular weight is 296 g/mol. The number of carboxylic acid groups (broad SMARTS) is 1. The number of carbonyl (C=O) groups excluding carboxylic acids is 1. The van der Waals surface area contributed by atoms with Crippen LogP contribution in [0.4, 0.5) is 4.79 Å². The number of urea groups is 1. The highest BCUT2D eigenvalue weighted by atomic mass is 16.4. The SMILES string of the molecule is CCCC1CCC(NC(=O)N2CCCC2CC(=O)O)CC1. The molecule has 0 aromatic heterocycles. The molecule has 1 aliphatic carbocycles. The van der Waals surface area contributed by atoms with Crippen LogP contribution < -0.4 is 5.32 Å². The number of hydrogen-bond acceptors (Lipinski definition) is 2. The van der Waals surface area contributed by atoms with Crippen molar-refractivity contribution in [1.82, 2.24) is 10.2 Å². The summed E-state index contributed by atoms with van der Waals surface area (Å²) >= 11 is 0. The summed E-state index contributed by atoms with van der Waals surface area (Å²) in [4.78, 5) is 24.9. The fourth-order valence-electron chi connectivity index (χ4n) is 3.78. The van der Waals surface area contributed by atoms with Gasteiger partial charge in [0, 0.05) is 18.6 Å². The van der Waals surface area contributed by atoms with E-state index in [0.29, 0.717) is 6.54 Å². The molecule has 1 unspecified atom stereocenters. The summed E-state index contributed by atoms with van der Waals surface area (Å²) < 4.78 is 0. The van der Waals surface area contributed by atoms with Gasteiger partial charge in [0.25, 0.3) is 0 Å². The van der Waals surface area contributed by atoms with Crippen LogP contribution in [0.3, 0.4) is 0 Å². The van der Waals surface area contributed by atoms with E-state index in [4.69, 9.17) is 5.11 Å². The molecule has 0 spiro atoms. The second kappa shape index (κ2) is 7.66. The fraction of sp³-hybridized carbons (Fsp3) is 0.875. The summed E-state index contributed by atoms with van der Waals surface area (Å²) in [6.45, 7) is 2.92. The van der Waals surface area contributed by atoms with Crippen LogP contribution in [0.1, 0.15) is 64.7 Å². The predicted molar refractivity (Wildman–Crippen MR) is 81.2 cm³/mol. The van der Waals surface area contributed by atoms with Crippen LogP contribution in [-0.2, 0) is 4.79 Å². The van der Waals surface area contributed by atoms with Crippen molar-refractivity contribution in [2.75, 3.05) is 6.54 Å². The minimum atomic E-state index is -0.820. The molecule has 2 amide bonds. The van der Waals surface area contributed by atoms with Gasteiger partial charge in [0.05, 0.1) is 6.42 Å². The number of amides is 2. The van der Waals surface area contributed by atoms with Crippen molar-refractivity contribution < 1.29 is 14.7 Å². The lowest BCUT2D eigenvalue weighted by Gasteiger charge is -2.31. The number of likely N-dealkylation sites (tertiary alicyclic amines) is 1. The molecule has 0 radical (unpaired) electrons. The first-order valence-electron chi connectivity index (χ1n) is 8.39. The molecule has 1 heterocycles. The molecule has 0 aromatic rings. The second-order valence-electron chi connectivity index (χ2n) is 6.54. The highest BCUT2D eigenvalue weighted by Gasteiger charge is 2.32. The lowest BCUT2D eigenvalue weighted by Crippen LogP contribution is -2.48. The van der Waals surface area contributed by atoms with Gasteiger partial charge in [-0.05, 0) is 44.4 Å². The minimum absolute atomic E-state index is 0.0577. The van der Waals surface area contributed by atoms with Crippen molar-refractivity contribution in [2.45, 2.75) is 76.8 Å². The van der Waals surface area contributed by atoms with Gasteiger partial charge in [0.1, 0.15) is 0 Å². The third-order valence-electron chi connectivity index (χ3n) is 4.92. The first-order chi connectivity index (χ1) is 10.1. The van der Waals surface area contributed by atoms with Gasteiger partial charge in [0.2, 0.25) is 0 Å². The van der Waals surface area contributed by atoms with E-state index in [1.54, 1.807) is 4.90 Å². The molecule has 5 heteroatoms. The zero-order valence-electron chi connectivity index (χ0n) is 13.0. The summed E-state index contributed by atoms with van der Waals surface area (Å²) in [7, 11) is 0. The zero-order valence-corrected chi connectivity index (χ0v) is 13.0. The largest absolute Gasteiger partial charge is 0.481 e. The van der Waals surface area contributed by atoms with E-state index >= 15 is 0 Å². The molecule has 0 bridgehead atoms. The first kappa shape index (κ1) is 16.1. The van der Waals surface area contributed by atoms with Crippen LogP contribution in [-0.4, -0.2) is 40.6 Å². The molecule has 5 nitrogen and oxygen atoms in total. The smallest absolute Gasteiger partial charge is 0.317 e. The summed E-state index contributed by atoms with van der Waals surface area (Å²) in [5, 5.41) is 12.0. The zero-order chi connectivity index (χ0) is 15.2. The topological polar surface area (TPSA) is 69.6 Å². The normalized spacial score (nSPS) is 29.4. The third-order valence-corrected chi connectivity index (χ3v) is 4.92. The minimum Gasteiger partial charge on any atom is -0.481 e. The Hall–Kier alpha value is -1.26. The molecular formula is C16H28N2O3. The van der Waals surface area contributed by atoms with Crippen molar-refractivity contribution in [2.24, 2.45) is 5.92 Å². The highest BCUT2D eigenvalue weighted by molar-refractivity contribution is 5.76. The van der Waals surface area contributed by atoms with E-state index in [1.165, 1.54) is 25.7 Å². The number of hydrogen-bond donors (Lipinski definition) is 2. The van der Waals surface area contributed by atoms with Crippen LogP contribution in [0, 0.1) is 5.92 Å². The summed E-state index contributed by atoms with van der Waals surface area (Å²) in [5.41, 5.74) is 0. The van der Waals surface area contributed by atoms with Crippen molar-refractivity contribution in [3.8, 4) is 0 Å². The molecular weight excluding hydrogens is 268 g/mol. The Morgan fingerprint density at radius 1 is 1.19 bits per heavy atom. The number of carboxylic acids is 1. The van der Waals surface area contributed by atoms with E-state index in [2.05, 4.69) is 12.2 Å². The Kier molecular flexibility index (Phi) is 5.88. The molecule has 21 heavy (non-hydrogen) atoms. The molecule has 2 N–H and O–H groups in total. The number of nitrogens with zero attached hydrogens (tertiary/aromatic N) is 1. The first-order valence-corrected chi connectivity index (χ1v) is 8.39. The van der Waals surface area contributed by atoms with Crippen LogP contribution in [0.5, 0.6) is 0 Å². The van der Waals surface area contributed by atoms with Gasteiger partial charge >= 0.3 is 12.0 Å². The number of aliphatic carboxylic acids is 1. The van der Waals surface area contributed by atoms with Crippen LogP contribution in [0.25, 0.3) is 0 Å². The molecule has 0 aromatic carbocycles. The average Bonchev–Trinajstić information content (AvgIpc) is 2.88. The van der Waals surface area contributed by atoms with Gasteiger partial charge in [-0.15, -0.1) is 0 Å². The van der Waals surface area contributed by atoms with Gasteiger partial charge < -0.3 is 15.3 Å². The monoisotopic (exact) mass is 296 g/mol. The molecule has 120 valence electrons. The summed E-state index contributed by atoms with van der Waals surface area (Å²) in [6, 6.07) is 0.0910. The van der Waals surface area contributed by atoms with Crippen LogP contribution in [0.2, 0.25) is 0 Å². The molecule has 2 aliphatic rings. The molecule has 2 fully saturated rings. The van der Waals surface area contributed by atoms with E-state index in [0.717, 1.165) is 31.6 Å². The van der Waals surface area contributed by atoms with Crippen LogP contribution in [0.15, 0.2) is 0 Å². The van der Waals surface area contributed by atoms with E-state index in [-0.39, 0.29) is 24.5 Å². The van der Waals surface area contributed by atoms with E-state index in [9.17, 15) is 9.59 Å². The lowest BCUT2D eigenvalue weighted by atomic mass is 9.83. The Labute approximate surface area is 127 Å². The van der Waals surface area contributed by atoms with Gasteiger partial charge in [-0.25, -0.2) is 4.79 Å². The lowest BCUT2D eigenvalue weighted by molar-refractivity contribution is -0.137. The second-order valence-corrected chi connectivity index (χ2v) is 6.54. The van der Waals surface area contributed by atoms with Crippen LogP contribution >= 0.6 is 0 Å². The van der Waals surface area contributed by atoms with E-state index in [1.807, 2.05) is 0 Å². The maximum Gasteiger partial charge on any atom is 0.317 e. The summed E-state index contributed by atoms with van der Waals surface area (Å²) in [6.07, 6.45) is 8.87. The van der Waals surface area contributed by atoms with Gasteiger partial charge in [0.15, 0.2) is 0 Å². The third kappa shape index (κ3) is 4.61. The maximum absolute atomic E-state index is 12.3. The van der Waals surface area contributed by atoms with Crippen molar-refractivity contribution in [1.29, 1.82) is 0 Å². The number of nitrogens with one attached hydrogen (secondary N) is 1. The molecule has 1 atom stereocenters. The molecule has 1 saturated carbocycles. The quantitative estimate of drug-likeness (QED) is 0.819. The standard InChI is InChI=1S/C16H28N2O3/c1-2-4-12-6-8-13(9-7-12)17-16(21)18-10-3-5-14(18)11-15(19)20/h12-14H,2-11H2,1H3,(H,17,21)(H,19,20). The molecule has 1 saturated heterocycles. The van der Waals surface area contributed by atoms with Gasteiger partial charge in [-0.1, -0.05) is 19.8 Å². The molecule has 2 rings (SSSR count). The fourth-order valence-corrected chi connectivity index (χ4v) is 3.78. The Balaban J connectivity index is 1.77. The predicted octanol–water partition coefficient (Wildman–Crippen LogP) is 2.99.